The van der Waals surface area contributed by atoms with E-state index < -0.39 is 6.10 Å². The van der Waals surface area contributed by atoms with Gasteiger partial charge in [-0.3, -0.25) is 4.79 Å². The molecule has 1 amide bonds. The molecule has 1 atom stereocenters. The molecule has 0 fully saturated rings. The number of hydrogen-bond acceptors (Lipinski definition) is 4. The van der Waals surface area contributed by atoms with Crippen LogP contribution in [0.25, 0.3) is 0 Å². The van der Waals surface area contributed by atoms with Crippen LogP contribution >= 0.6 is 0 Å². The van der Waals surface area contributed by atoms with Gasteiger partial charge >= 0.3 is 0 Å². The first-order valence-corrected chi connectivity index (χ1v) is 7.37. The van der Waals surface area contributed by atoms with Crippen molar-refractivity contribution in [3.05, 3.63) is 29.3 Å². The molecule has 0 heterocycles. The van der Waals surface area contributed by atoms with Crippen LogP contribution in [0.15, 0.2) is 18.2 Å². The van der Waals surface area contributed by atoms with E-state index in [9.17, 15) is 9.90 Å². The number of carbonyl (C=O) groups is 1. The minimum Gasteiger partial charge on any atom is -0.491 e. The molecular weight excluding hydrogens is 268 g/mol. The van der Waals surface area contributed by atoms with E-state index in [1.165, 1.54) is 0 Å². The molecule has 0 radical (unpaired) electrons. The van der Waals surface area contributed by atoms with E-state index in [1.807, 2.05) is 32.9 Å². The number of aliphatic hydroxyl groups is 1. The number of rotatable bonds is 9. The molecule has 0 saturated heterocycles. The van der Waals surface area contributed by atoms with Gasteiger partial charge in [-0.2, -0.15) is 0 Å². The summed E-state index contributed by atoms with van der Waals surface area (Å²) in [6.45, 7) is 7.43. The fourth-order valence-electron chi connectivity index (χ4n) is 1.95. The Morgan fingerprint density at radius 3 is 2.57 bits per heavy atom. The first kappa shape index (κ1) is 17.5. The normalized spacial score (nSPS) is 12.0. The summed E-state index contributed by atoms with van der Waals surface area (Å²) in [6.07, 6.45) is 0.266. The van der Waals surface area contributed by atoms with Crippen molar-refractivity contribution in [1.82, 2.24) is 10.6 Å². The fourth-order valence-corrected chi connectivity index (χ4v) is 1.95. The van der Waals surface area contributed by atoms with Gasteiger partial charge in [-0.1, -0.05) is 13.0 Å². The molecule has 0 aliphatic carbocycles. The smallest absolute Gasteiger partial charge is 0.233 e. The van der Waals surface area contributed by atoms with E-state index >= 15 is 0 Å². The molecule has 118 valence electrons. The summed E-state index contributed by atoms with van der Waals surface area (Å²) in [5, 5.41) is 15.5. The Morgan fingerprint density at radius 1 is 1.29 bits per heavy atom. The number of nitrogens with one attached hydrogen (secondary N) is 2. The van der Waals surface area contributed by atoms with Crippen molar-refractivity contribution in [3.63, 3.8) is 0 Å². The Hall–Kier alpha value is -1.59. The van der Waals surface area contributed by atoms with Crippen LogP contribution in [0.1, 0.15) is 24.5 Å². The zero-order chi connectivity index (χ0) is 15.7. The standard InChI is InChI=1S/C16H26N2O3/c1-4-5-18-16(20)10-17-9-14(19)11-21-15-7-12(2)6-13(3)8-15/h6-8,14,17,19H,4-5,9-11H2,1-3H3,(H,18,20). The van der Waals surface area contributed by atoms with E-state index in [2.05, 4.69) is 16.7 Å². The molecule has 5 heteroatoms. The number of aliphatic hydroxyl groups excluding tert-OH is 1. The van der Waals surface area contributed by atoms with Crippen LogP contribution in [0.4, 0.5) is 0 Å². The summed E-state index contributed by atoms with van der Waals surface area (Å²) in [5.74, 6) is 0.700. The number of amides is 1. The Kier molecular flexibility index (Phi) is 7.79. The van der Waals surface area contributed by atoms with Crippen LogP contribution in [-0.2, 0) is 4.79 Å². The third-order valence-electron chi connectivity index (χ3n) is 2.88. The Bertz CT molecular complexity index is 429. The Labute approximate surface area is 126 Å². The maximum absolute atomic E-state index is 11.4. The van der Waals surface area contributed by atoms with Gasteiger partial charge in [0.25, 0.3) is 0 Å². The highest BCUT2D eigenvalue weighted by Crippen LogP contribution is 2.16. The highest BCUT2D eigenvalue weighted by molar-refractivity contribution is 5.77. The summed E-state index contributed by atoms with van der Waals surface area (Å²) >= 11 is 0. The third kappa shape index (κ3) is 7.68. The van der Waals surface area contributed by atoms with Gasteiger partial charge in [0.1, 0.15) is 18.5 Å². The second kappa shape index (κ2) is 9.37. The lowest BCUT2D eigenvalue weighted by Gasteiger charge is -2.14. The van der Waals surface area contributed by atoms with Crippen molar-refractivity contribution in [2.24, 2.45) is 0 Å². The molecule has 0 aromatic heterocycles. The lowest BCUT2D eigenvalue weighted by molar-refractivity contribution is -0.120. The Morgan fingerprint density at radius 2 is 1.95 bits per heavy atom. The zero-order valence-corrected chi connectivity index (χ0v) is 13.1. The van der Waals surface area contributed by atoms with Crippen molar-refractivity contribution in [3.8, 4) is 5.75 Å². The van der Waals surface area contributed by atoms with Crippen LogP contribution in [0.3, 0.4) is 0 Å². The highest BCUT2D eigenvalue weighted by atomic mass is 16.5. The molecule has 0 saturated carbocycles. The Balaban J connectivity index is 2.21. The topological polar surface area (TPSA) is 70.6 Å². The molecule has 5 nitrogen and oxygen atoms in total. The van der Waals surface area contributed by atoms with Crippen LogP contribution < -0.4 is 15.4 Å². The summed E-state index contributed by atoms with van der Waals surface area (Å²) in [7, 11) is 0. The number of hydrogen-bond donors (Lipinski definition) is 3. The molecule has 1 unspecified atom stereocenters. The number of benzene rings is 1. The average molecular weight is 294 g/mol. The average Bonchev–Trinajstić information content (AvgIpc) is 2.42. The SMILES string of the molecule is CCCNC(=O)CNCC(O)COc1cc(C)cc(C)c1. The monoisotopic (exact) mass is 294 g/mol. The highest BCUT2D eigenvalue weighted by Gasteiger charge is 2.07. The lowest BCUT2D eigenvalue weighted by Crippen LogP contribution is -2.39. The van der Waals surface area contributed by atoms with E-state index in [0.29, 0.717) is 13.1 Å². The second-order valence-corrected chi connectivity index (χ2v) is 5.27. The molecule has 1 aromatic rings. The van der Waals surface area contributed by atoms with Gasteiger partial charge in [0, 0.05) is 13.1 Å². The summed E-state index contributed by atoms with van der Waals surface area (Å²) < 4.78 is 5.56. The van der Waals surface area contributed by atoms with Gasteiger partial charge in [0.2, 0.25) is 5.91 Å². The van der Waals surface area contributed by atoms with Crippen molar-refractivity contribution in [2.45, 2.75) is 33.3 Å². The van der Waals surface area contributed by atoms with Crippen molar-refractivity contribution >= 4 is 5.91 Å². The van der Waals surface area contributed by atoms with Gasteiger partial charge in [0.15, 0.2) is 0 Å². The first-order chi connectivity index (χ1) is 10.0. The van der Waals surface area contributed by atoms with Gasteiger partial charge in [-0.15, -0.1) is 0 Å². The molecule has 0 spiro atoms. The summed E-state index contributed by atoms with van der Waals surface area (Å²) in [5.41, 5.74) is 2.26. The van der Waals surface area contributed by atoms with Gasteiger partial charge in [0.05, 0.1) is 6.54 Å². The van der Waals surface area contributed by atoms with E-state index in [0.717, 1.165) is 23.3 Å². The largest absolute Gasteiger partial charge is 0.491 e. The molecule has 1 rings (SSSR count). The predicted octanol–water partition coefficient (Wildman–Crippen LogP) is 1.16. The van der Waals surface area contributed by atoms with Gasteiger partial charge < -0.3 is 20.5 Å². The van der Waals surface area contributed by atoms with Crippen LogP contribution in [0.2, 0.25) is 0 Å². The minimum atomic E-state index is -0.648. The van der Waals surface area contributed by atoms with Crippen molar-refractivity contribution in [1.29, 1.82) is 0 Å². The third-order valence-corrected chi connectivity index (χ3v) is 2.88. The van der Waals surface area contributed by atoms with E-state index in [1.54, 1.807) is 0 Å². The van der Waals surface area contributed by atoms with E-state index in [-0.39, 0.29) is 19.1 Å². The minimum absolute atomic E-state index is 0.0562. The fraction of sp³-hybridized carbons (Fsp3) is 0.562. The molecule has 0 aliphatic heterocycles. The zero-order valence-electron chi connectivity index (χ0n) is 13.1. The molecule has 21 heavy (non-hydrogen) atoms. The maximum atomic E-state index is 11.4. The van der Waals surface area contributed by atoms with Gasteiger partial charge in [-0.05, 0) is 43.5 Å². The van der Waals surface area contributed by atoms with E-state index in [4.69, 9.17) is 4.74 Å². The number of carbonyl (C=O) groups excluding carboxylic acids is 1. The molecule has 3 N–H and O–H groups in total. The van der Waals surface area contributed by atoms with Crippen molar-refractivity contribution < 1.29 is 14.6 Å². The molecule has 1 aromatic carbocycles. The first-order valence-electron chi connectivity index (χ1n) is 7.37. The lowest BCUT2D eigenvalue weighted by atomic mass is 10.1. The summed E-state index contributed by atoms with van der Waals surface area (Å²) in [6, 6.07) is 5.94. The maximum Gasteiger partial charge on any atom is 0.233 e. The van der Waals surface area contributed by atoms with Gasteiger partial charge in [-0.25, -0.2) is 0 Å². The van der Waals surface area contributed by atoms with Crippen LogP contribution in [0.5, 0.6) is 5.75 Å². The molecular formula is C16H26N2O3. The predicted molar refractivity (Wildman–Crippen MR) is 83.6 cm³/mol. The number of ether oxygens (including phenoxy) is 1. The van der Waals surface area contributed by atoms with Crippen LogP contribution in [-0.4, -0.2) is 43.4 Å². The quantitative estimate of drug-likeness (QED) is 0.639. The van der Waals surface area contributed by atoms with Crippen molar-refractivity contribution in [2.75, 3.05) is 26.2 Å². The summed E-state index contributed by atoms with van der Waals surface area (Å²) in [4.78, 5) is 11.4. The second-order valence-electron chi connectivity index (χ2n) is 5.27. The van der Waals surface area contributed by atoms with Crippen LogP contribution in [0, 0.1) is 13.8 Å². The molecule has 0 aliphatic rings. The number of aryl methyl sites for hydroxylation is 2. The molecule has 0 bridgehead atoms.